The van der Waals surface area contributed by atoms with E-state index < -0.39 is 53.3 Å². The lowest BCUT2D eigenvalue weighted by atomic mass is 9.85. The molecule has 3 aliphatic rings. The van der Waals surface area contributed by atoms with Crippen molar-refractivity contribution in [1.82, 2.24) is 25.5 Å². The number of anilines is 1. The number of hydrogen-bond donors (Lipinski definition) is 4. The Balaban J connectivity index is 1.32. The van der Waals surface area contributed by atoms with Crippen LogP contribution in [0, 0.1) is 11.3 Å². The van der Waals surface area contributed by atoms with E-state index >= 15 is 0 Å². The Morgan fingerprint density at radius 1 is 1.13 bits per heavy atom. The number of carbonyl (C=O) groups is 3. The van der Waals surface area contributed by atoms with E-state index in [1.54, 1.807) is 36.3 Å². The van der Waals surface area contributed by atoms with E-state index in [0.29, 0.717) is 45.3 Å². The van der Waals surface area contributed by atoms with Gasteiger partial charge in [-0.25, -0.2) is 19.6 Å². The third kappa shape index (κ3) is 7.66. The number of pyridine rings is 1. The first kappa shape index (κ1) is 37.3. The minimum absolute atomic E-state index is 0.111. The number of esters is 1. The van der Waals surface area contributed by atoms with Crippen LogP contribution >= 0.6 is 11.3 Å². The summed E-state index contributed by atoms with van der Waals surface area (Å²) in [7, 11) is 2.85. The zero-order valence-corrected chi connectivity index (χ0v) is 31.0. The molecule has 2 amide bonds. The van der Waals surface area contributed by atoms with E-state index in [1.807, 2.05) is 32.2 Å². The summed E-state index contributed by atoms with van der Waals surface area (Å²) in [5.74, 6) is -0.258. The van der Waals surface area contributed by atoms with Gasteiger partial charge in [0, 0.05) is 41.8 Å². The number of amides is 2. The van der Waals surface area contributed by atoms with Crippen molar-refractivity contribution in [2.24, 2.45) is 11.3 Å². The van der Waals surface area contributed by atoms with E-state index in [1.165, 1.54) is 18.4 Å². The van der Waals surface area contributed by atoms with Gasteiger partial charge in [-0.3, -0.25) is 9.69 Å². The Morgan fingerprint density at radius 3 is 2.50 bits per heavy atom. The minimum Gasteiger partial charge on any atom is -0.497 e. The Hall–Kier alpha value is -4.47. The van der Waals surface area contributed by atoms with Crippen LogP contribution in [0.25, 0.3) is 22.3 Å². The van der Waals surface area contributed by atoms with Crippen molar-refractivity contribution in [2.45, 2.75) is 95.4 Å². The third-order valence-electron chi connectivity index (χ3n) is 10.3. The molecule has 1 saturated heterocycles. The van der Waals surface area contributed by atoms with Crippen LogP contribution in [0.3, 0.4) is 0 Å². The van der Waals surface area contributed by atoms with E-state index in [0.717, 1.165) is 25.7 Å². The van der Waals surface area contributed by atoms with Gasteiger partial charge in [0.2, 0.25) is 5.91 Å². The average Bonchev–Trinajstić information content (AvgIpc) is 3.52. The number of methoxy groups -OCH3 is 2. The topological polar surface area (TPSA) is 187 Å². The normalized spacial score (nSPS) is 24.5. The number of rotatable bonds is 12. The van der Waals surface area contributed by atoms with Gasteiger partial charge in [0.15, 0.2) is 5.13 Å². The molecule has 1 aromatic carbocycles. The summed E-state index contributed by atoms with van der Waals surface area (Å²) < 4.78 is 22.9. The number of nitrogens with zero attached hydrogens (tertiary/aromatic N) is 3. The number of nitrogens with two attached hydrogens (primary N) is 1. The SMILES string of the molecule is C=CC1C[C@]1(NC(=O)[C@@H]1C[C@@H](Oc2cc(-c3csc(N)n3)nc3cc(OC)ccc23)CN1C(O)[C@@H](NC(=O)OC1CCCC1)C(C)(C)C)C(=O)OC. The molecule has 3 fully saturated rings. The molecule has 14 nitrogen and oxygen atoms in total. The third-order valence-corrected chi connectivity index (χ3v) is 10.9. The highest BCUT2D eigenvalue weighted by molar-refractivity contribution is 7.13. The number of nitrogen functional groups attached to an aromatic ring is 1. The summed E-state index contributed by atoms with van der Waals surface area (Å²) >= 11 is 1.29. The maximum atomic E-state index is 14.2. The predicted octanol–water partition coefficient (Wildman–Crippen LogP) is 4.41. The van der Waals surface area contributed by atoms with Crippen molar-refractivity contribution in [3.63, 3.8) is 0 Å². The lowest BCUT2D eigenvalue weighted by Crippen LogP contribution is -2.61. The fourth-order valence-corrected chi connectivity index (χ4v) is 7.87. The first-order chi connectivity index (χ1) is 24.8. The number of thiazole rings is 1. The van der Waals surface area contributed by atoms with Crippen LogP contribution < -0.4 is 25.8 Å². The van der Waals surface area contributed by atoms with Gasteiger partial charge < -0.3 is 40.4 Å². The number of ether oxygens (including phenoxy) is 4. The predicted molar refractivity (Wildman–Crippen MR) is 196 cm³/mol. The molecule has 2 unspecified atom stereocenters. The summed E-state index contributed by atoms with van der Waals surface area (Å²) in [5.41, 5.74) is 5.75. The molecule has 6 atom stereocenters. The van der Waals surface area contributed by atoms with Crippen molar-refractivity contribution in [2.75, 3.05) is 26.5 Å². The summed E-state index contributed by atoms with van der Waals surface area (Å²) in [6.07, 6.45) is 2.96. The summed E-state index contributed by atoms with van der Waals surface area (Å²) in [6, 6.07) is 5.44. The van der Waals surface area contributed by atoms with Crippen molar-refractivity contribution < 1.29 is 38.4 Å². The zero-order chi connectivity index (χ0) is 37.4. The molecule has 6 rings (SSSR count). The van der Waals surface area contributed by atoms with Crippen LogP contribution in [0.4, 0.5) is 9.93 Å². The Kier molecular flexibility index (Phi) is 10.7. The molecule has 3 aromatic rings. The van der Waals surface area contributed by atoms with E-state index in [9.17, 15) is 19.5 Å². The molecule has 15 heteroatoms. The van der Waals surface area contributed by atoms with E-state index in [-0.39, 0.29) is 25.0 Å². The largest absolute Gasteiger partial charge is 0.497 e. The van der Waals surface area contributed by atoms with Gasteiger partial charge in [0.25, 0.3) is 0 Å². The highest BCUT2D eigenvalue weighted by atomic mass is 32.1. The lowest BCUT2D eigenvalue weighted by Gasteiger charge is -2.40. The molecule has 0 radical (unpaired) electrons. The van der Waals surface area contributed by atoms with Crippen molar-refractivity contribution in [3.8, 4) is 22.9 Å². The number of likely N-dealkylation sites (tertiary alicyclic amines) is 1. The molecule has 2 saturated carbocycles. The average molecular weight is 737 g/mol. The number of aliphatic hydroxyl groups excluding tert-OH is 1. The Labute approximate surface area is 307 Å². The van der Waals surface area contributed by atoms with Gasteiger partial charge in [0.05, 0.1) is 37.5 Å². The van der Waals surface area contributed by atoms with Gasteiger partial charge in [-0.15, -0.1) is 17.9 Å². The second kappa shape index (κ2) is 14.9. The summed E-state index contributed by atoms with van der Waals surface area (Å²) in [5, 5.41) is 20.9. The molecule has 2 aliphatic carbocycles. The standard InChI is InChI=1S/C37H48N6O8S/c1-7-20-17-37(20,33(46)49-6)42-31(44)28-15-23(18-43(28)32(45)30(36(2,3)4)41-35(47)51-21-10-8-9-11-21)50-29-16-26(27-19-52-34(38)40-27)39-25-14-22(48-5)12-13-24(25)29/h7,12-14,16,19-21,23,28,30,32,45H,1,8-11,15,17-18H2,2-6H3,(H2,38,40)(H,41,47)(H,42,44)/t20?,23-,28+,30-,32?,37-/m1/s1. The Morgan fingerprint density at radius 2 is 1.88 bits per heavy atom. The number of alkyl carbamates (subject to hydrolysis) is 1. The lowest BCUT2D eigenvalue weighted by molar-refractivity contribution is -0.148. The van der Waals surface area contributed by atoms with E-state index in [2.05, 4.69) is 22.2 Å². The molecule has 52 heavy (non-hydrogen) atoms. The highest BCUT2D eigenvalue weighted by Crippen LogP contribution is 2.46. The van der Waals surface area contributed by atoms with Gasteiger partial charge in [-0.1, -0.05) is 26.8 Å². The molecule has 3 heterocycles. The van der Waals surface area contributed by atoms with Gasteiger partial charge in [-0.05, 0) is 49.7 Å². The fraction of sp³-hybridized carbons (Fsp3) is 0.541. The molecular formula is C37H48N6O8S. The highest BCUT2D eigenvalue weighted by Gasteiger charge is 2.62. The van der Waals surface area contributed by atoms with Crippen molar-refractivity contribution in [1.29, 1.82) is 0 Å². The molecule has 280 valence electrons. The maximum absolute atomic E-state index is 14.2. The van der Waals surface area contributed by atoms with Gasteiger partial charge in [-0.2, -0.15) is 0 Å². The van der Waals surface area contributed by atoms with Crippen LogP contribution in [0.5, 0.6) is 11.5 Å². The number of carbonyl (C=O) groups excluding carboxylic acids is 3. The van der Waals surface area contributed by atoms with Crippen LogP contribution in [0.1, 0.15) is 59.3 Å². The number of aromatic nitrogens is 2. The number of benzene rings is 1. The summed E-state index contributed by atoms with van der Waals surface area (Å²) in [4.78, 5) is 51.1. The monoisotopic (exact) mass is 736 g/mol. The van der Waals surface area contributed by atoms with Crippen LogP contribution in [-0.4, -0.2) is 94.8 Å². The van der Waals surface area contributed by atoms with Crippen LogP contribution in [0.15, 0.2) is 42.3 Å². The number of nitrogens with one attached hydrogen (secondary N) is 2. The van der Waals surface area contributed by atoms with Crippen molar-refractivity contribution >= 4 is 45.3 Å². The molecule has 0 spiro atoms. The first-order valence-electron chi connectivity index (χ1n) is 17.6. The van der Waals surface area contributed by atoms with Gasteiger partial charge >= 0.3 is 12.1 Å². The second-order valence-corrected chi connectivity index (χ2v) is 15.7. The first-order valence-corrected chi connectivity index (χ1v) is 18.4. The number of aliphatic hydroxyl groups is 1. The molecule has 0 bridgehead atoms. The van der Waals surface area contributed by atoms with E-state index in [4.69, 9.17) is 29.7 Å². The van der Waals surface area contributed by atoms with Gasteiger partial charge in [0.1, 0.15) is 41.2 Å². The van der Waals surface area contributed by atoms with Crippen LogP contribution in [0.2, 0.25) is 0 Å². The van der Waals surface area contributed by atoms with Crippen LogP contribution in [-0.2, 0) is 19.1 Å². The molecule has 5 N–H and O–H groups in total. The zero-order valence-electron chi connectivity index (χ0n) is 30.2. The number of fused-ring (bicyclic) bond motifs is 1. The fourth-order valence-electron chi connectivity index (χ4n) is 7.31. The minimum atomic E-state index is -1.34. The Bertz CT molecular complexity index is 1820. The maximum Gasteiger partial charge on any atom is 0.407 e. The smallest absolute Gasteiger partial charge is 0.407 e. The summed E-state index contributed by atoms with van der Waals surface area (Å²) in [6.45, 7) is 9.61. The molecule has 1 aliphatic heterocycles. The second-order valence-electron chi connectivity index (χ2n) is 14.9. The molecule has 2 aromatic heterocycles. The van der Waals surface area contributed by atoms with Crippen molar-refractivity contribution in [3.05, 3.63) is 42.3 Å². The number of hydrogen-bond acceptors (Lipinski definition) is 13. The quantitative estimate of drug-likeness (QED) is 0.152. The molecular weight excluding hydrogens is 689 g/mol.